The number of nitrogens with one attached hydrogen (secondary N) is 2. The first-order valence-corrected chi connectivity index (χ1v) is 12.2. The van der Waals surface area contributed by atoms with E-state index in [2.05, 4.69) is 39.9 Å². The van der Waals surface area contributed by atoms with E-state index >= 15 is 0 Å². The molecule has 4 rings (SSSR count). The van der Waals surface area contributed by atoms with E-state index < -0.39 is 17.6 Å². The molecular weight excluding hydrogens is 466 g/mol. The van der Waals surface area contributed by atoms with E-state index in [0.29, 0.717) is 18.0 Å². The van der Waals surface area contributed by atoms with Gasteiger partial charge in [0.25, 0.3) is 0 Å². The molecule has 35 heavy (non-hydrogen) atoms. The van der Waals surface area contributed by atoms with Gasteiger partial charge in [0.15, 0.2) is 5.69 Å². The minimum absolute atomic E-state index is 0.00440. The second kappa shape index (κ2) is 10.3. The summed E-state index contributed by atoms with van der Waals surface area (Å²) in [5.74, 6) is -1.34. The van der Waals surface area contributed by atoms with Crippen molar-refractivity contribution >= 4 is 29.3 Å². The third-order valence-corrected chi connectivity index (χ3v) is 6.73. The summed E-state index contributed by atoms with van der Waals surface area (Å²) in [6, 6.07) is 16.3. The van der Waals surface area contributed by atoms with Gasteiger partial charge < -0.3 is 20.5 Å². The number of thiazole rings is 1. The molecule has 0 bridgehead atoms. The second-order valence-corrected chi connectivity index (χ2v) is 9.99. The molecule has 2 aromatic carbocycles. The lowest BCUT2D eigenvalue weighted by Crippen LogP contribution is -2.47. The van der Waals surface area contributed by atoms with E-state index in [1.54, 1.807) is 13.8 Å². The van der Waals surface area contributed by atoms with Crippen LogP contribution in [0.1, 0.15) is 52.8 Å². The Labute approximate surface area is 207 Å². The van der Waals surface area contributed by atoms with Crippen LogP contribution < -0.4 is 10.6 Å². The normalized spacial score (nSPS) is 12.5. The highest BCUT2D eigenvalue weighted by Crippen LogP contribution is 2.44. The minimum Gasteiger partial charge on any atom is -0.476 e. The number of fused-ring (bicyclic) bond motifs is 3. The fourth-order valence-electron chi connectivity index (χ4n) is 4.25. The molecule has 1 aliphatic carbocycles. The first kappa shape index (κ1) is 24.4. The number of nitrogens with zero attached hydrogens (tertiary/aromatic N) is 1. The molecule has 0 aliphatic heterocycles. The summed E-state index contributed by atoms with van der Waals surface area (Å²) < 4.78 is 5.58. The van der Waals surface area contributed by atoms with Crippen molar-refractivity contribution in [1.82, 2.24) is 15.6 Å². The third-order valence-electron chi connectivity index (χ3n) is 5.82. The van der Waals surface area contributed by atoms with Gasteiger partial charge in [-0.15, -0.1) is 11.3 Å². The lowest BCUT2D eigenvalue weighted by molar-refractivity contribution is -0.122. The van der Waals surface area contributed by atoms with Crippen LogP contribution in [0.4, 0.5) is 4.79 Å². The van der Waals surface area contributed by atoms with Crippen LogP contribution in [0.3, 0.4) is 0 Å². The van der Waals surface area contributed by atoms with Crippen molar-refractivity contribution in [3.8, 4) is 11.1 Å². The van der Waals surface area contributed by atoms with Gasteiger partial charge in [0.2, 0.25) is 5.91 Å². The van der Waals surface area contributed by atoms with Gasteiger partial charge in [0, 0.05) is 36.2 Å². The number of carboxylic acids is 1. The number of hydrogen-bond donors (Lipinski definition) is 3. The van der Waals surface area contributed by atoms with Crippen LogP contribution in [0, 0.1) is 0 Å². The molecule has 9 heteroatoms. The first-order valence-electron chi connectivity index (χ1n) is 11.3. The van der Waals surface area contributed by atoms with Gasteiger partial charge in [0.05, 0.1) is 5.01 Å². The molecule has 1 aliphatic rings. The quantitative estimate of drug-likeness (QED) is 0.411. The van der Waals surface area contributed by atoms with Gasteiger partial charge in [0.1, 0.15) is 6.61 Å². The molecule has 0 atom stereocenters. The molecule has 0 fully saturated rings. The number of alkyl carbamates (subject to hydrolysis) is 1. The minimum atomic E-state index is -1.07. The van der Waals surface area contributed by atoms with Crippen molar-refractivity contribution in [2.45, 2.75) is 38.1 Å². The van der Waals surface area contributed by atoms with E-state index in [9.17, 15) is 14.4 Å². The molecule has 1 aromatic heterocycles. The fourth-order valence-corrected chi connectivity index (χ4v) is 5.02. The lowest BCUT2D eigenvalue weighted by Gasteiger charge is -2.25. The second-order valence-electron chi connectivity index (χ2n) is 9.04. The summed E-state index contributed by atoms with van der Waals surface area (Å²) in [7, 11) is 0. The number of carboxylic acid groups (broad SMARTS) is 1. The highest BCUT2D eigenvalue weighted by Gasteiger charge is 2.30. The summed E-state index contributed by atoms with van der Waals surface area (Å²) in [4.78, 5) is 39.8. The molecule has 0 unspecified atom stereocenters. The van der Waals surface area contributed by atoms with E-state index in [0.717, 1.165) is 22.3 Å². The van der Waals surface area contributed by atoms with Crippen molar-refractivity contribution in [3.05, 3.63) is 75.7 Å². The molecule has 1 heterocycles. The number of hydrogen-bond acceptors (Lipinski definition) is 6. The lowest BCUT2D eigenvalue weighted by atomic mass is 9.98. The van der Waals surface area contributed by atoms with Gasteiger partial charge in [-0.3, -0.25) is 4.79 Å². The van der Waals surface area contributed by atoms with Gasteiger partial charge in [-0.05, 0) is 36.1 Å². The Balaban J connectivity index is 1.25. The zero-order chi connectivity index (χ0) is 25.0. The monoisotopic (exact) mass is 493 g/mol. The highest BCUT2D eigenvalue weighted by atomic mass is 32.1. The summed E-state index contributed by atoms with van der Waals surface area (Å²) in [5, 5.41) is 16.6. The molecule has 3 N–H and O–H groups in total. The van der Waals surface area contributed by atoms with Gasteiger partial charge >= 0.3 is 12.1 Å². The van der Waals surface area contributed by atoms with Crippen molar-refractivity contribution in [1.29, 1.82) is 0 Å². The standard InChI is InChI=1S/C26H27N3O5S/c1-26(2,13-22(30)27-12-11-23-28-21(15-35-23)24(31)32)29-25(33)34-14-20-18-9-5-3-7-16(18)17-8-4-6-10-19(17)20/h3-10,15,20H,11-14H2,1-2H3,(H,27,30)(H,29,33)(H,31,32). The predicted molar refractivity (Wildman–Crippen MR) is 133 cm³/mol. The molecule has 0 radical (unpaired) electrons. The van der Waals surface area contributed by atoms with Crippen LogP contribution in [0.25, 0.3) is 11.1 Å². The molecule has 182 valence electrons. The molecular formula is C26H27N3O5S. The highest BCUT2D eigenvalue weighted by molar-refractivity contribution is 7.09. The molecule has 0 saturated heterocycles. The summed E-state index contributed by atoms with van der Waals surface area (Å²) in [5.41, 5.74) is 3.78. The van der Waals surface area contributed by atoms with Crippen LogP contribution in [-0.2, 0) is 16.0 Å². The van der Waals surface area contributed by atoms with Crippen LogP contribution in [0.5, 0.6) is 0 Å². The smallest absolute Gasteiger partial charge is 0.407 e. The number of amides is 2. The predicted octanol–water partition coefficient (Wildman–Crippen LogP) is 4.21. The maximum absolute atomic E-state index is 12.6. The van der Waals surface area contributed by atoms with E-state index in [4.69, 9.17) is 9.84 Å². The number of carbonyl (C=O) groups excluding carboxylic acids is 2. The van der Waals surface area contributed by atoms with Crippen LogP contribution in [0.2, 0.25) is 0 Å². The number of aromatic carboxylic acids is 1. The van der Waals surface area contributed by atoms with Gasteiger partial charge in [-0.2, -0.15) is 0 Å². The van der Waals surface area contributed by atoms with E-state index in [1.165, 1.54) is 16.7 Å². The molecule has 8 nitrogen and oxygen atoms in total. The molecule has 0 saturated carbocycles. The van der Waals surface area contributed by atoms with Crippen molar-refractivity contribution < 1.29 is 24.2 Å². The average molecular weight is 494 g/mol. The van der Waals surface area contributed by atoms with Crippen LogP contribution >= 0.6 is 11.3 Å². The third kappa shape index (κ3) is 5.86. The fraction of sp³-hybridized carbons (Fsp3) is 0.308. The van der Waals surface area contributed by atoms with E-state index in [-0.39, 0.29) is 30.5 Å². The number of benzene rings is 2. The summed E-state index contributed by atoms with van der Waals surface area (Å²) >= 11 is 1.24. The zero-order valence-electron chi connectivity index (χ0n) is 19.5. The maximum atomic E-state index is 12.6. The SMILES string of the molecule is CC(C)(CC(=O)NCCc1nc(C(=O)O)cs1)NC(=O)OCC1c2ccccc2-c2ccccc21. The zero-order valence-corrected chi connectivity index (χ0v) is 20.4. The molecule has 3 aromatic rings. The first-order chi connectivity index (χ1) is 16.7. The van der Waals surface area contributed by atoms with Crippen molar-refractivity contribution in [2.24, 2.45) is 0 Å². The Kier molecular flexibility index (Phi) is 7.16. The van der Waals surface area contributed by atoms with Gasteiger partial charge in [-0.1, -0.05) is 48.5 Å². The van der Waals surface area contributed by atoms with Gasteiger partial charge in [-0.25, -0.2) is 14.6 Å². The Morgan fingerprint density at radius 2 is 1.69 bits per heavy atom. The van der Waals surface area contributed by atoms with Crippen LogP contribution in [-0.4, -0.2) is 46.8 Å². The van der Waals surface area contributed by atoms with E-state index in [1.807, 2.05) is 24.3 Å². The van der Waals surface area contributed by atoms with Crippen molar-refractivity contribution in [3.63, 3.8) is 0 Å². The van der Waals surface area contributed by atoms with Crippen molar-refractivity contribution in [2.75, 3.05) is 13.2 Å². The number of rotatable bonds is 9. The summed E-state index contributed by atoms with van der Waals surface area (Å²) in [6.45, 7) is 4.04. The average Bonchev–Trinajstić information content (AvgIpc) is 3.40. The Bertz CT molecular complexity index is 1210. The Morgan fingerprint density at radius 1 is 1.06 bits per heavy atom. The maximum Gasteiger partial charge on any atom is 0.407 e. The topological polar surface area (TPSA) is 118 Å². The number of ether oxygens (including phenoxy) is 1. The Morgan fingerprint density at radius 3 is 2.29 bits per heavy atom. The Hall–Kier alpha value is -3.72. The van der Waals surface area contributed by atoms with Crippen LogP contribution in [0.15, 0.2) is 53.9 Å². The molecule has 2 amide bonds. The number of carbonyl (C=O) groups is 3. The number of aromatic nitrogens is 1. The molecule has 0 spiro atoms. The summed E-state index contributed by atoms with van der Waals surface area (Å²) in [6.07, 6.45) is -0.0760. The largest absolute Gasteiger partial charge is 0.476 e.